The minimum atomic E-state index is -1.21. The van der Waals surface area contributed by atoms with Crippen LogP contribution in [-0.2, 0) is 7.05 Å². The first kappa shape index (κ1) is 15.0. The molecule has 3 aromatic rings. The summed E-state index contributed by atoms with van der Waals surface area (Å²) in [5.41, 5.74) is 3.86. The number of benzene rings is 1. The molecule has 2 aromatic heterocycles. The number of aryl methyl sites for hydroxylation is 3. The van der Waals surface area contributed by atoms with Crippen molar-refractivity contribution in [3.63, 3.8) is 0 Å². The van der Waals surface area contributed by atoms with Crippen molar-refractivity contribution in [1.29, 1.82) is 0 Å². The highest BCUT2D eigenvalue weighted by atomic mass is 16.4. The van der Waals surface area contributed by atoms with Gasteiger partial charge in [-0.15, -0.1) is 0 Å². The summed E-state index contributed by atoms with van der Waals surface area (Å²) in [7, 11) is 1.74. The van der Waals surface area contributed by atoms with E-state index in [0.29, 0.717) is 10.9 Å². The molecule has 0 bridgehead atoms. The number of carbonyl (C=O) groups is 1. The van der Waals surface area contributed by atoms with E-state index in [1.807, 2.05) is 38.1 Å². The van der Waals surface area contributed by atoms with Crippen molar-refractivity contribution in [3.05, 3.63) is 63.7 Å². The van der Waals surface area contributed by atoms with E-state index in [-0.39, 0.29) is 5.56 Å². The molecule has 0 unspecified atom stereocenters. The first-order valence-electron chi connectivity index (χ1n) is 7.19. The van der Waals surface area contributed by atoms with Crippen molar-refractivity contribution >= 4 is 16.9 Å². The molecule has 0 radical (unpaired) electrons. The molecule has 0 aliphatic carbocycles. The summed E-state index contributed by atoms with van der Waals surface area (Å²) in [6.07, 6.45) is 1.36. The highest BCUT2D eigenvalue weighted by Crippen LogP contribution is 2.24. The zero-order chi connectivity index (χ0) is 16.7. The summed E-state index contributed by atoms with van der Waals surface area (Å²) < 4.78 is 1.67. The van der Waals surface area contributed by atoms with Crippen molar-refractivity contribution in [2.75, 3.05) is 0 Å². The number of aromatic carboxylic acids is 1. The van der Waals surface area contributed by atoms with Crippen molar-refractivity contribution in [2.45, 2.75) is 13.8 Å². The van der Waals surface area contributed by atoms with Crippen LogP contribution >= 0.6 is 0 Å². The fraction of sp³-hybridized carbons (Fsp3) is 0.167. The number of pyridine rings is 2. The molecule has 3 rings (SSSR count). The summed E-state index contributed by atoms with van der Waals surface area (Å²) in [5.74, 6) is -1.21. The predicted molar refractivity (Wildman–Crippen MR) is 88.9 cm³/mol. The third-order valence-electron chi connectivity index (χ3n) is 3.83. The average molecular weight is 308 g/mol. The lowest BCUT2D eigenvalue weighted by molar-refractivity contribution is 0.0695. The third-order valence-corrected chi connectivity index (χ3v) is 3.83. The molecule has 0 fully saturated rings. The first-order chi connectivity index (χ1) is 10.9. The number of aromatic nitrogens is 2. The first-order valence-corrected chi connectivity index (χ1v) is 7.19. The summed E-state index contributed by atoms with van der Waals surface area (Å²) in [4.78, 5) is 27.8. The van der Waals surface area contributed by atoms with Gasteiger partial charge >= 0.3 is 5.97 Å². The van der Waals surface area contributed by atoms with E-state index < -0.39 is 11.4 Å². The maximum atomic E-state index is 12.3. The second-order valence-corrected chi connectivity index (χ2v) is 5.66. The van der Waals surface area contributed by atoms with Crippen molar-refractivity contribution < 1.29 is 9.90 Å². The van der Waals surface area contributed by atoms with Gasteiger partial charge in [0.05, 0.1) is 5.52 Å². The predicted octanol–water partition coefficient (Wildman–Crippen LogP) is 2.92. The molecule has 0 aliphatic heterocycles. The van der Waals surface area contributed by atoms with Gasteiger partial charge < -0.3 is 9.67 Å². The standard InChI is InChI=1S/C18H16N2O3/c1-10-6-13(7-11(2)19-10)12-4-5-14-16(8-12)20(3)9-15(17(14)21)18(22)23/h4-9H,1-3H3,(H,22,23). The van der Waals surface area contributed by atoms with Crippen molar-refractivity contribution in [2.24, 2.45) is 7.05 Å². The minimum absolute atomic E-state index is 0.219. The largest absolute Gasteiger partial charge is 0.477 e. The molecule has 0 saturated carbocycles. The van der Waals surface area contributed by atoms with Crippen LogP contribution in [-0.4, -0.2) is 20.6 Å². The summed E-state index contributed by atoms with van der Waals surface area (Å²) >= 11 is 0. The van der Waals surface area contributed by atoms with E-state index in [1.165, 1.54) is 6.20 Å². The molecule has 0 aliphatic rings. The molecule has 5 nitrogen and oxygen atoms in total. The minimum Gasteiger partial charge on any atom is -0.477 e. The molecule has 116 valence electrons. The van der Waals surface area contributed by atoms with E-state index >= 15 is 0 Å². The van der Waals surface area contributed by atoms with Crippen LogP contribution in [0.1, 0.15) is 21.7 Å². The molecule has 0 saturated heterocycles. The van der Waals surface area contributed by atoms with Gasteiger partial charge in [0.1, 0.15) is 5.56 Å². The molecule has 1 aromatic carbocycles. The zero-order valence-corrected chi connectivity index (χ0v) is 13.1. The van der Waals surface area contributed by atoms with Gasteiger partial charge in [-0.05, 0) is 49.2 Å². The Morgan fingerprint density at radius 3 is 2.35 bits per heavy atom. The van der Waals surface area contributed by atoms with E-state index in [4.69, 9.17) is 5.11 Å². The van der Waals surface area contributed by atoms with Crippen LogP contribution in [0.3, 0.4) is 0 Å². The molecular formula is C18H16N2O3. The van der Waals surface area contributed by atoms with Crippen LogP contribution in [0.4, 0.5) is 0 Å². The van der Waals surface area contributed by atoms with Gasteiger partial charge in [0.25, 0.3) is 0 Å². The lowest BCUT2D eigenvalue weighted by atomic mass is 10.0. The highest BCUT2D eigenvalue weighted by molar-refractivity contribution is 5.93. The van der Waals surface area contributed by atoms with Gasteiger partial charge in [0, 0.05) is 30.0 Å². The molecule has 23 heavy (non-hydrogen) atoms. The Balaban J connectivity index is 2.28. The average Bonchev–Trinajstić information content (AvgIpc) is 2.49. The monoisotopic (exact) mass is 308 g/mol. The Hall–Kier alpha value is -2.95. The Bertz CT molecular complexity index is 983. The maximum absolute atomic E-state index is 12.3. The highest BCUT2D eigenvalue weighted by Gasteiger charge is 2.14. The Morgan fingerprint density at radius 1 is 1.09 bits per heavy atom. The number of nitrogens with zero attached hydrogens (tertiary/aromatic N) is 2. The summed E-state index contributed by atoms with van der Waals surface area (Å²) in [6.45, 7) is 3.87. The summed E-state index contributed by atoms with van der Waals surface area (Å²) in [5, 5.41) is 9.52. The van der Waals surface area contributed by atoms with E-state index in [0.717, 1.165) is 22.5 Å². The SMILES string of the molecule is Cc1cc(-c2ccc3c(=O)c(C(=O)O)cn(C)c3c2)cc(C)n1. The number of hydrogen-bond donors (Lipinski definition) is 1. The maximum Gasteiger partial charge on any atom is 0.341 e. The summed E-state index contributed by atoms with van der Waals surface area (Å²) in [6, 6.07) is 9.39. The van der Waals surface area contributed by atoms with Gasteiger partial charge in [-0.2, -0.15) is 0 Å². The van der Waals surface area contributed by atoms with Crippen LogP contribution in [0.5, 0.6) is 0 Å². The lowest BCUT2D eigenvalue weighted by Crippen LogP contribution is -2.17. The van der Waals surface area contributed by atoms with Gasteiger partial charge in [0.15, 0.2) is 0 Å². The van der Waals surface area contributed by atoms with Gasteiger partial charge in [-0.3, -0.25) is 9.78 Å². The van der Waals surface area contributed by atoms with Crippen molar-refractivity contribution in [1.82, 2.24) is 9.55 Å². The Morgan fingerprint density at radius 2 is 1.74 bits per heavy atom. The van der Waals surface area contributed by atoms with Gasteiger partial charge in [-0.1, -0.05) is 6.07 Å². The Kier molecular flexibility index (Phi) is 3.48. The molecule has 0 spiro atoms. The van der Waals surface area contributed by atoms with E-state index in [1.54, 1.807) is 17.7 Å². The molecule has 0 atom stereocenters. The molecule has 0 amide bonds. The van der Waals surface area contributed by atoms with Gasteiger partial charge in [-0.25, -0.2) is 4.79 Å². The van der Waals surface area contributed by atoms with Crippen LogP contribution in [0.15, 0.2) is 41.3 Å². The van der Waals surface area contributed by atoms with Crippen LogP contribution < -0.4 is 5.43 Å². The van der Waals surface area contributed by atoms with Crippen molar-refractivity contribution in [3.8, 4) is 11.1 Å². The molecule has 5 heteroatoms. The van der Waals surface area contributed by atoms with Gasteiger partial charge in [0.2, 0.25) is 5.43 Å². The number of fused-ring (bicyclic) bond motifs is 1. The second kappa shape index (κ2) is 5.35. The van der Waals surface area contributed by atoms with Crippen LogP contribution in [0, 0.1) is 13.8 Å². The van der Waals surface area contributed by atoms with E-state index in [2.05, 4.69) is 4.98 Å². The number of rotatable bonds is 2. The fourth-order valence-electron chi connectivity index (χ4n) is 2.82. The fourth-order valence-corrected chi connectivity index (χ4v) is 2.82. The lowest BCUT2D eigenvalue weighted by Gasteiger charge is -2.10. The number of carboxylic acid groups (broad SMARTS) is 1. The molecule has 1 N–H and O–H groups in total. The van der Waals surface area contributed by atoms with Crippen LogP contribution in [0.25, 0.3) is 22.0 Å². The van der Waals surface area contributed by atoms with Crippen LogP contribution in [0.2, 0.25) is 0 Å². The third kappa shape index (κ3) is 2.61. The number of carboxylic acids is 1. The normalized spacial score (nSPS) is 10.9. The topological polar surface area (TPSA) is 72.2 Å². The smallest absolute Gasteiger partial charge is 0.341 e. The quantitative estimate of drug-likeness (QED) is 0.790. The second-order valence-electron chi connectivity index (χ2n) is 5.66. The zero-order valence-electron chi connectivity index (χ0n) is 13.1. The van der Waals surface area contributed by atoms with E-state index in [9.17, 15) is 9.59 Å². The number of hydrogen-bond acceptors (Lipinski definition) is 3. The molecular weight excluding hydrogens is 292 g/mol. The Labute approximate surface area is 132 Å². The molecule has 2 heterocycles.